The molecule has 0 spiro atoms. The Labute approximate surface area is 208 Å². The van der Waals surface area contributed by atoms with Gasteiger partial charge in [-0.05, 0) is 41.8 Å². The van der Waals surface area contributed by atoms with E-state index in [1.165, 1.54) is 11.8 Å². The highest BCUT2D eigenvalue weighted by molar-refractivity contribution is 8.00. The molecule has 4 rings (SSSR count). The number of rotatable bonds is 9. The number of hydrogen-bond donors (Lipinski definition) is 3. The van der Waals surface area contributed by atoms with Gasteiger partial charge in [-0.3, -0.25) is 14.5 Å². The fourth-order valence-corrected chi connectivity index (χ4v) is 5.13. The summed E-state index contributed by atoms with van der Waals surface area (Å²) in [5.41, 5.74) is 2.35. The van der Waals surface area contributed by atoms with E-state index in [1.807, 2.05) is 24.3 Å². The minimum Gasteiger partial charge on any atom is -0.482 e. The number of nitrogens with zero attached hydrogens (tertiary/aromatic N) is 2. The smallest absolute Gasteiger partial charge is 0.341 e. The van der Waals surface area contributed by atoms with Gasteiger partial charge in [-0.1, -0.05) is 18.2 Å². The van der Waals surface area contributed by atoms with Crippen molar-refractivity contribution in [3.8, 4) is 5.75 Å². The summed E-state index contributed by atoms with van der Waals surface area (Å²) < 4.78 is 5.35. The van der Waals surface area contributed by atoms with Crippen molar-refractivity contribution in [2.75, 3.05) is 44.4 Å². The third-order valence-electron chi connectivity index (χ3n) is 6.18. The van der Waals surface area contributed by atoms with Crippen LogP contribution in [0.2, 0.25) is 0 Å². The maximum atomic E-state index is 13.4. The number of carboxylic acids is 1. The van der Waals surface area contributed by atoms with Crippen molar-refractivity contribution >= 4 is 35.2 Å². The molecule has 2 aromatic rings. The summed E-state index contributed by atoms with van der Waals surface area (Å²) in [6.07, 6.45) is 0.467. The second-order valence-electron chi connectivity index (χ2n) is 8.82. The second-order valence-corrected chi connectivity index (χ2v) is 9.84. The molecule has 10 heteroatoms. The Morgan fingerprint density at radius 1 is 1.29 bits per heavy atom. The van der Waals surface area contributed by atoms with E-state index in [0.717, 1.165) is 28.3 Å². The Balaban J connectivity index is 1.53. The monoisotopic (exact) mass is 499 g/mol. The average Bonchev–Trinajstić information content (AvgIpc) is 3.25. The van der Waals surface area contributed by atoms with Gasteiger partial charge in [0.25, 0.3) is 0 Å². The maximum absolute atomic E-state index is 13.4. The molecule has 2 heterocycles. The quantitative estimate of drug-likeness (QED) is 0.479. The van der Waals surface area contributed by atoms with Gasteiger partial charge in [0.2, 0.25) is 11.8 Å². The van der Waals surface area contributed by atoms with Gasteiger partial charge in [-0.25, -0.2) is 4.79 Å². The third-order valence-corrected chi connectivity index (χ3v) is 7.25. The molecule has 35 heavy (non-hydrogen) atoms. The number of ether oxygens (including phenoxy) is 1. The number of likely N-dealkylation sites (tertiary alicyclic amines) is 1. The van der Waals surface area contributed by atoms with Crippen LogP contribution in [-0.2, 0) is 20.8 Å². The fourth-order valence-electron chi connectivity index (χ4n) is 4.34. The minimum atomic E-state index is -1.06. The number of benzene rings is 2. The van der Waals surface area contributed by atoms with Crippen molar-refractivity contribution in [2.24, 2.45) is 0 Å². The van der Waals surface area contributed by atoms with E-state index in [9.17, 15) is 19.5 Å². The number of nitrogens with one attached hydrogen (secondary N) is 1. The number of β-amino-alcohol motifs (C(OH)–C–C–N with tert-alkyl or cyclic N) is 1. The van der Waals surface area contributed by atoms with Crippen LogP contribution < -0.4 is 10.1 Å². The number of carbonyl (C=O) groups is 3. The minimum absolute atomic E-state index is 0.0547. The number of aliphatic carboxylic acids is 1. The zero-order valence-corrected chi connectivity index (χ0v) is 20.3. The first-order valence-electron chi connectivity index (χ1n) is 11.4. The molecule has 0 aromatic heterocycles. The molecular weight excluding hydrogens is 470 g/mol. The van der Waals surface area contributed by atoms with Crippen LogP contribution in [0.4, 0.5) is 5.69 Å². The molecule has 1 fully saturated rings. The van der Waals surface area contributed by atoms with Gasteiger partial charge in [-0.15, -0.1) is 11.8 Å². The van der Waals surface area contributed by atoms with Crippen LogP contribution in [0.15, 0.2) is 47.4 Å². The molecule has 186 valence electrons. The summed E-state index contributed by atoms with van der Waals surface area (Å²) in [4.78, 5) is 40.8. The second kappa shape index (κ2) is 11.1. The molecule has 1 unspecified atom stereocenters. The summed E-state index contributed by atoms with van der Waals surface area (Å²) in [5.74, 6) is -0.414. The van der Waals surface area contributed by atoms with E-state index in [0.29, 0.717) is 31.0 Å². The number of amides is 2. The molecule has 0 saturated carbocycles. The molecule has 0 aliphatic carbocycles. The summed E-state index contributed by atoms with van der Waals surface area (Å²) in [5, 5.41) is 21.8. The summed E-state index contributed by atoms with van der Waals surface area (Å²) >= 11 is 1.48. The highest BCUT2D eigenvalue weighted by atomic mass is 32.2. The van der Waals surface area contributed by atoms with Crippen LogP contribution in [0.1, 0.15) is 23.6 Å². The first-order valence-corrected chi connectivity index (χ1v) is 12.4. The van der Waals surface area contributed by atoms with Crippen LogP contribution in [-0.4, -0.2) is 82.9 Å². The van der Waals surface area contributed by atoms with Crippen molar-refractivity contribution in [2.45, 2.75) is 29.9 Å². The average molecular weight is 500 g/mol. The molecule has 9 nitrogen and oxygen atoms in total. The van der Waals surface area contributed by atoms with Crippen LogP contribution in [0.5, 0.6) is 5.75 Å². The molecule has 3 N–H and O–H groups in total. The van der Waals surface area contributed by atoms with Gasteiger partial charge in [-0.2, -0.15) is 0 Å². The predicted molar refractivity (Wildman–Crippen MR) is 132 cm³/mol. The first-order chi connectivity index (χ1) is 16.8. The molecule has 0 bridgehead atoms. The zero-order valence-electron chi connectivity index (χ0n) is 19.5. The Bertz CT molecular complexity index is 1110. The van der Waals surface area contributed by atoms with E-state index in [-0.39, 0.29) is 30.4 Å². The topological polar surface area (TPSA) is 119 Å². The largest absolute Gasteiger partial charge is 0.482 e. The summed E-state index contributed by atoms with van der Waals surface area (Å²) in [6.45, 7) is 1.35. The number of thioether (sulfide) groups is 1. The lowest BCUT2D eigenvalue weighted by Crippen LogP contribution is -2.39. The van der Waals surface area contributed by atoms with E-state index in [2.05, 4.69) is 10.2 Å². The Morgan fingerprint density at radius 3 is 2.86 bits per heavy atom. The molecule has 2 aromatic carbocycles. The van der Waals surface area contributed by atoms with Gasteiger partial charge in [0, 0.05) is 31.6 Å². The van der Waals surface area contributed by atoms with Gasteiger partial charge in [0.15, 0.2) is 6.61 Å². The maximum Gasteiger partial charge on any atom is 0.341 e. The van der Waals surface area contributed by atoms with Gasteiger partial charge in [0.1, 0.15) is 5.75 Å². The number of aliphatic hydroxyl groups excluding tert-OH is 1. The lowest BCUT2D eigenvalue weighted by atomic mass is 10.0. The highest BCUT2D eigenvalue weighted by Crippen LogP contribution is 2.32. The Kier molecular flexibility index (Phi) is 7.94. The standard InChI is InChI=1S/C25H29N3O6S/c1-27(24(31)10-16-5-6-22-20(9-16)26-23(30)15-35-22)21(13-28-8-7-18(29)12-28)17-3-2-4-19(11-17)34-14-25(32)33/h2-6,9,11,18,21,29H,7-8,10,12-15H2,1H3,(H,26,30)(H,32,33)/t18?,21-/m1/s1. The zero-order chi connectivity index (χ0) is 24.9. The summed E-state index contributed by atoms with van der Waals surface area (Å²) in [7, 11) is 1.75. The number of aliphatic hydroxyl groups is 1. The third kappa shape index (κ3) is 6.53. The molecule has 2 aliphatic heterocycles. The highest BCUT2D eigenvalue weighted by Gasteiger charge is 2.29. The van der Waals surface area contributed by atoms with Crippen LogP contribution in [0, 0.1) is 0 Å². The molecule has 1 saturated heterocycles. The van der Waals surface area contributed by atoms with Crippen molar-refractivity contribution < 1.29 is 29.3 Å². The van der Waals surface area contributed by atoms with Crippen molar-refractivity contribution in [3.63, 3.8) is 0 Å². The van der Waals surface area contributed by atoms with E-state index in [1.54, 1.807) is 30.1 Å². The van der Waals surface area contributed by atoms with Crippen LogP contribution >= 0.6 is 11.8 Å². The van der Waals surface area contributed by atoms with Crippen molar-refractivity contribution in [1.29, 1.82) is 0 Å². The van der Waals surface area contributed by atoms with E-state index < -0.39 is 12.6 Å². The van der Waals surface area contributed by atoms with Crippen LogP contribution in [0.3, 0.4) is 0 Å². The van der Waals surface area contributed by atoms with Crippen molar-refractivity contribution in [1.82, 2.24) is 9.80 Å². The fraction of sp³-hybridized carbons (Fsp3) is 0.400. The number of likely N-dealkylation sites (N-methyl/N-ethyl adjacent to an activating group) is 1. The van der Waals surface area contributed by atoms with E-state index >= 15 is 0 Å². The number of carboxylic acid groups (broad SMARTS) is 1. The molecular formula is C25H29N3O6S. The van der Waals surface area contributed by atoms with E-state index in [4.69, 9.17) is 9.84 Å². The normalized spacial score (nSPS) is 18.5. The molecule has 2 aliphatic rings. The Morgan fingerprint density at radius 2 is 2.11 bits per heavy atom. The molecule has 2 amide bonds. The Hall–Kier alpha value is -3.08. The van der Waals surface area contributed by atoms with Gasteiger partial charge < -0.3 is 25.2 Å². The molecule has 0 radical (unpaired) electrons. The van der Waals surface area contributed by atoms with Gasteiger partial charge >= 0.3 is 5.97 Å². The number of carbonyl (C=O) groups excluding carboxylic acids is 2. The number of fused-ring (bicyclic) bond motifs is 1. The number of anilines is 1. The van der Waals surface area contributed by atoms with Crippen LogP contribution in [0.25, 0.3) is 0 Å². The summed E-state index contributed by atoms with van der Waals surface area (Å²) in [6, 6.07) is 12.5. The van der Waals surface area contributed by atoms with Gasteiger partial charge in [0.05, 0.1) is 30.0 Å². The molecule has 2 atom stereocenters. The SMILES string of the molecule is CN(C(=O)Cc1ccc2c(c1)NC(=O)CS2)[C@H](CN1CCC(O)C1)c1cccc(OCC(=O)O)c1. The lowest BCUT2D eigenvalue weighted by Gasteiger charge is -2.32. The number of hydrogen-bond acceptors (Lipinski definition) is 7. The lowest BCUT2D eigenvalue weighted by molar-refractivity contribution is -0.139. The first kappa shape index (κ1) is 25.0. The predicted octanol–water partition coefficient (Wildman–Crippen LogP) is 2.00. The van der Waals surface area contributed by atoms with Crippen molar-refractivity contribution in [3.05, 3.63) is 53.6 Å².